The van der Waals surface area contributed by atoms with Crippen LogP contribution in [0.25, 0.3) is 0 Å². The summed E-state index contributed by atoms with van der Waals surface area (Å²) in [6, 6.07) is -0.199. The van der Waals surface area contributed by atoms with E-state index in [9.17, 15) is 13.2 Å². The van der Waals surface area contributed by atoms with E-state index in [1.807, 2.05) is 18.7 Å². The number of nitrogens with zero attached hydrogens (tertiary/aromatic N) is 1. The van der Waals surface area contributed by atoms with Crippen LogP contribution in [0.1, 0.15) is 41.0 Å². The van der Waals surface area contributed by atoms with Crippen LogP contribution in [0.15, 0.2) is 0 Å². The summed E-state index contributed by atoms with van der Waals surface area (Å²) in [5.41, 5.74) is 0. The number of rotatable bonds is 7. The Bertz CT molecular complexity index is 338. The van der Waals surface area contributed by atoms with Gasteiger partial charge in [0, 0.05) is 19.0 Å². The quantitative estimate of drug-likeness (QED) is 0.699. The van der Waals surface area contributed by atoms with Crippen molar-refractivity contribution in [3.8, 4) is 0 Å². The van der Waals surface area contributed by atoms with Gasteiger partial charge in [0.05, 0.1) is 0 Å². The topological polar surface area (TPSA) is 75.7 Å². The molecule has 0 aliphatic rings. The molecule has 0 atom stereocenters. The van der Waals surface area contributed by atoms with Crippen LogP contribution in [0.5, 0.6) is 0 Å². The molecule has 0 rings (SSSR count). The zero-order chi connectivity index (χ0) is 13.6. The number of nitrogens with one attached hydrogen (secondary N) is 1. The van der Waals surface area contributed by atoms with Gasteiger partial charge in [-0.15, -0.1) is 0 Å². The Morgan fingerprint density at radius 2 is 1.82 bits per heavy atom. The van der Waals surface area contributed by atoms with E-state index < -0.39 is 16.2 Å². The minimum atomic E-state index is -3.78. The highest BCUT2D eigenvalue weighted by Gasteiger charge is 2.26. The van der Waals surface area contributed by atoms with Crippen LogP contribution >= 0.6 is 0 Å². The van der Waals surface area contributed by atoms with E-state index in [0.717, 1.165) is 0 Å². The third kappa shape index (κ3) is 5.99. The maximum absolute atomic E-state index is 11.9. The molecule has 0 heterocycles. The molecule has 0 aromatic heterocycles. The lowest BCUT2D eigenvalue weighted by Gasteiger charge is -2.26. The van der Waals surface area contributed by atoms with Gasteiger partial charge in [0.1, 0.15) is 0 Å². The van der Waals surface area contributed by atoms with E-state index in [0.29, 0.717) is 6.54 Å². The molecule has 0 bridgehead atoms. The van der Waals surface area contributed by atoms with Gasteiger partial charge in [-0.05, 0) is 24.7 Å². The Kier molecular flexibility index (Phi) is 6.66. The molecule has 0 radical (unpaired) electrons. The smallest absolute Gasteiger partial charge is 0.325 e. The maximum Gasteiger partial charge on any atom is 0.325 e. The highest BCUT2D eigenvalue weighted by molar-refractivity contribution is 7.87. The van der Waals surface area contributed by atoms with Crippen molar-refractivity contribution in [3.05, 3.63) is 0 Å². The van der Waals surface area contributed by atoms with Crippen LogP contribution in [0, 0.1) is 5.92 Å². The number of carbonyl (C=O) groups excluding carboxylic acids is 1. The highest BCUT2D eigenvalue weighted by Crippen LogP contribution is 2.09. The molecular weight excluding hydrogens is 244 g/mol. The molecule has 0 aromatic carbocycles. The predicted octanol–water partition coefficient (Wildman–Crippen LogP) is 1.06. The van der Waals surface area contributed by atoms with E-state index in [4.69, 9.17) is 0 Å². The lowest BCUT2D eigenvalue weighted by Crippen LogP contribution is -2.46. The van der Waals surface area contributed by atoms with Crippen molar-refractivity contribution in [1.29, 1.82) is 0 Å². The summed E-state index contributed by atoms with van der Waals surface area (Å²) in [5.74, 6) is -0.419. The summed E-state index contributed by atoms with van der Waals surface area (Å²) in [4.78, 5) is 17.2. The van der Waals surface area contributed by atoms with Crippen LogP contribution in [0.4, 0.5) is 0 Å². The first-order valence-corrected chi connectivity index (χ1v) is 7.13. The van der Waals surface area contributed by atoms with Gasteiger partial charge in [-0.3, -0.25) is 4.79 Å². The first-order valence-electron chi connectivity index (χ1n) is 5.69. The molecule has 0 aliphatic heterocycles. The van der Waals surface area contributed by atoms with E-state index in [2.05, 4.69) is 4.84 Å². The number of hydrogen-bond acceptors (Lipinski definition) is 4. The molecule has 0 aromatic rings. The molecule has 7 heteroatoms. The molecule has 0 spiro atoms. The SMILES string of the molecule is CCC(=O)ONS(=O)(=O)N(CC(C)C)C(C)C. The molecule has 0 fully saturated rings. The minimum Gasteiger partial charge on any atom is -0.355 e. The molecular formula is C10H22N2O4S. The summed E-state index contributed by atoms with van der Waals surface area (Å²) < 4.78 is 25.0. The summed E-state index contributed by atoms with van der Waals surface area (Å²) in [5, 5.41) is 0. The number of carbonyl (C=O) groups is 1. The van der Waals surface area contributed by atoms with Gasteiger partial charge < -0.3 is 4.84 Å². The van der Waals surface area contributed by atoms with Crippen molar-refractivity contribution < 1.29 is 18.0 Å². The standard InChI is InChI=1S/C10H22N2O4S/c1-6-10(13)16-11-17(14,15)12(9(4)5)7-8(2)3/h8-9,11H,6-7H2,1-5H3. The molecule has 0 unspecified atom stereocenters. The van der Waals surface area contributed by atoms with Gasteiger partial charge in [-0.25, -0.2) is 0 Å². The molecule has 17 heavy (non-hydrogen) atoms. The predicted molar refractivity (Wildman–Crippen MR) is 65.1 cm³/mol. The average Bonchev–Trinajstić information content (AvgIpc) is 2.21. The lowest BCUT2D eigenvalue weighted by atomic mass is 10.2. The van der Waals surface area contributed by atoms with E-state index in [-0.39, 0.29) is 18.4 Å². The van der Waals surface area contributed by atoms with E-state index in [1.165, 1.54) is 4.31 Å². The van der Waals surface area contributed by atoms with Crippen molar-refractivity contribution in [2.45, 2.75) is 47.1 Å². The van der Waals surface area contributed by atoms with Crippen LogP contribution in [-0.4, -0.2) is 31.3 Å². The summed E-state index contributed by atoms with van der Waals surface area (Å²) in [6.45, 7) is 9.33. The largest absolute Gasteiger partial charge is 0.355 e. The molecule has 1 N–H and O–H groups in total. The molecule has 0 saturated carbocycles. The Balaban J connectivity index is 4.67. The summed E-state index contributed by atoms with van der Waals surface area (Å²) in [7, 11) is -3.78. The van der Waals surface area contributed by atoms with Crippen molar-refractivity contribution in [3.63, 3.8) is 0 Å². The second-order valence-corrected chi connectivity index (χ2v) is 6.06. The second kappa shape index (κ2) is 6.93. The first kappa shape index (κ1) is 16.3. The summed E-state index contributed by atoms with van der Waals surface area (Å²) in [6.07, 6.45) is 0.119. The van der Waals surface area contributed by atoms with Gasteiger partial charge in [0.25, 0.3) is 0 Å². The second-order valence-electron chi connectivity index (χ2n) is 4.47. The van der Waals surface area contributed by atoms with Crippen molar-refractivity contribution in [2.24, 2.45) is 5.92 Å². The average molecular weight is 266 g/mol. The highest BCUT2D eigenvalue weighted by atomic mass is 32.2. The van der Waals surface area contributed by atoms with Crippen molar-refractivity contribution in [1.82, 2.24) is 9.19 Å². The normalized spacial score (nSPS) is 12.5. The molecule has 0 saturated heterocycles. The fourth-order valence-corrected chi connectivity index (χ4v) is 2.51. The Morgan fingerprint density at radius 1 is 1.29 bits per heavy atom. The number of hydrogen-bond donors (Lipinski definition) is 1. The van der Waals surface area contributed by atoms with Crippen LogP contribution in [0.2, 0.25) is 0 Å². The van der Waals surface area contributed by atoms with Crippen molar-refractivity contribution >= 4 is 16.2 Å². The van der Waals surface area contributed by atoms with Gasteiger partial charge in [0.15, 0.2) is 0 Å². The zero-order valence-electron chi connectivity index (χ0n) is 11.1. The zero-order valence-corrected chi connectivity index (χ0v) is 11.9. The fourth-order valence-electron chi connectivity index (χ4n) is 1.17. The minimum absolute atomic E-state index is 0.119. The summed E-state index contributed by atoms with van der Waals surface area (Å²) >= 11 is 0. The molecule has 0 aliphatic carbocycles. The third-order valence-corrected chi connectivity index (χ3v) is 3.46. The maximum atomic E-state index is 11.9. The lowest BCUT2D eigenvalue weighted by molar-refractivity contribution is -0.146. The fraction of sp³-hybridized carbons (Fsp3) is 0.900. The van der Waals surface area contributed by atoms with Gasteiger partial charge >= 0.3 is 16.2 Å². The van der Waals surface area contributed by atoms with E-state index in [1.54, 1.807) is 20.8 Å². The molecule has 102 valence electrons. The monoisotopic (exact) mass is 266 g/mol. The molecule has 0 amide bonds. The van der Waals surface area contributed by atoms with E-state index >= 15 is 0 Å². The van der Waals surface area contributed by atoms with Crippen LogP contribution < -0.4 is 4.89 Å². The Hall–Kier alpha value is -0.660. The van der Waals surface area contributed by atoms with Gasteiger partial charge in [-0.1, -0.05) is 20.8 Å². The van der Waals surface area contributed by atoms with Gasteiger partial charge in [0.2, 0.25) is 0 Å². The third-order valence-electron chi connectivity index (χ3n) is 1.98. The molecule has 6 nitrogen and oxygen atoms in total. The Labute approximate surface area is 103 Å². The van der Waals surface area contributed by atoms with Gasteiger partial charge in [-0.2, -0.15) is 12.7 Å². The van der Waals surface area contributed by atoms with Crippen molar-refractivity contribution in [2.75, 3.05) is 6.54 Å². The first-order chi connectivity index (χ1) is 7.70. The Morgan fingerprint density at radius 3 is 2.18 bits per heavy atom. The van der Waals surface area contributed by atoms with Crippen LogP contribution in [0.3, 0.4) is 0 Å². The van der Waals surface area contributed by atoms with Crippen LogP contribution in [-0.2, 0) is 19.8 Å².